The van der Waals surface area contributed by atoms with Crippen molar-refractivity contribution in [1.29, 1.82) is 5.26 Å². The first-order valence-corrected chi connectivity index (χ1v) is 7.75. The first-order chi connectivity index (χ1) is 11.1. The molecule has 23 heavy (non-hydrogen) atoms. The van der Waals surface area contributed by atoms with Gasteiger partial charge in [0.15, 0.2) is 5.84 Å². The SMILES string of the molecule is N#Cc1ccc(/C(N=[N+]=[N-])=N/NS(=O)(=O)c2ccccc2)cc1. The highest BCUT2D eigenvalue weighted by molar-refractivity contribution is 7.89. The van der Waals surface area contributed by atoms with E-state index >= 15 is 0 Å². The number of rotatable bonds is 4. The fourth-order valence-electron chi connectivity index (χ4n) is 1.64. The number of nitrogens with one attached hydrogen (secondary N) is 1. The van der Waals surface area contributed by atoms with Gasteiger partial charge < -0.3 is 0 Å². The quantitative estimate of drug-likeness (QED) is 0.231. The summed E-state index contributed by atoms with van der Waals surface area (Å²) in [5, 5.41) is 15.8. The number of benzene rings is 2. The maximum Gasteiger partial charge on any atom is 0.276 e. The average molecular weight is 326 g/mol. The Bertz CT molecular complexity index is 908. The molecule has 0 aromatic heterocycles. The highest BCUT2D eigenvalue weighted by Crippen LogP contribution is 2.09. The molecule has 114 valence electrons. The Kier molecular flexibility index (Phi) is 4.94. The summed E-state index contributed by atoms with van der Waals surface area (Å²) < 4.78 is 24.2. The molecule has 0 aliphatic carbocycles. The Hall–Kier alpha value is -3.34. The fraction of sp³-hybridized carbons (Fsp3) is 0. The Balaban J connectivity index is 2.32. The number of hydrazone groups is 1. The van der Waals surface area contributed by atoms with Crippen molar-refractivity contribution < 1.29 is 8.42 Å². The van der Waals surface area contributed by atoms with Crippen molar-refractivity contribution in [2.24, 2.45) is 10.2 Å². The Morgan fingerprint density at radius 1 is 1.13 bits per heavy atom. The second kappa shape index (κ2) is 7.09. The lowest BCUT2D eigenvalue weighted by atomic mass is 10.1. The monoisotopic (exact) mass is 326 g/mol. The van der Waals surface area contributed by atoms with Gasteiger partial charge in [-0.3, -0.25) is 0 Å². The number of sulfonamides is 1. The molecule has 0 amide bonds. The Labute approximate surface area is 132 Å². The summed E-state index contributed by atoms with van der Waals surface area (Å²) in [6, 6.07) is 15.6. The van der Waals surface area contributed by atoms with Crippen LogP contribution >= 0.6 is 0 Å². The number of azide groups is 1. The molecule has 9 heteroatoms. The smallest absolute Gasteiger partial charge is 0.200 e. The molecule has 0 radical (unpaired) electrons. The van der Waals surface area contributed by atoms with Gasteiger partial charge in [0, 0.05) is 10.5 Å². The van der Waals surface area contributed by atoms with E-state index < -0.39 is 10.0 Å². The minimum Gasteiger partial charge on any atom is -0.200 e. The highest BCUT2D eigenvalue weighted by atomic mass is 32.2. The van der Waals surface area contributed by atoms with E-state index in [1.54, 1.807) is 18.2 Å². The molecule has 0 atom stereocenters. The number of amidine groups is 1. The maximum atomic E-state index is 12.1. The van der Waals surface area contributed by atoms with Gasteiger partial charge in [-0.05, 0) is 34.9 Å². The molecule has 0 unspecified atom stereocenters. The van der Waals surface area contributed by atoms with Crippen LogP contribution in [0.15, 0.2) is 69.7 Å². The van der Waals surface area contributed by atoms with E-state index in [1.807, 2.05) is 10.9 Å². The second-order valence-electron chi connectivity index (χ2n) is 4.22. The maximum absolute atomic E-state index is 12.1. The van der Waals surface area contributed by atoms with Gasteiger partial charge in [-0.2, -0.15) is 23.6 Å². The van der Waals surface area contributed by atoms with Crippen LogP contribution in [-0.4, -0.2) is 14.3 Å². The van der Waals surface area contributed by atoms with Crippen LogP contribution in [0, 0.1) is 11.3 Å². The predicted molar refractivity (Wildman–Crippen MR) is 83.6 cm³/mol. The minimum absolute atomic E-state index is 0.0314. The first-order valence-electron chi connectivity index (χ1n) is 6.27. The lowest BCUT2D eigenvalue weighted by Gasteiger charge is -2.05. The van der Waals surface area contributed by atoms with E-state index in [0.29, 0.717) is 11.1 Å². The van der Waals surface area contributed by atoms with Crippen LogP contribution in [0.25, 0.3) is 10.4 Å². The number of hydrogen-bond donors (Lipinski definition) is 1. The molecular weight excluding hydrogens is 316 g/mol. The van der Waals surface area contributed by atoms with Crippen molar-refractivity contribution in [3.8, 4) is 6.07 Å². The molecule has 0 bridgehead atoms. The van der Waals surface area contributed by atoms with Crippen molar-refractivity contribution >= 4 is 15.9 Å². The van der Waals surface area contributed by atoms with Gasteiger partial charge in [-0.25, -0.2) is 0 Å². The van der Waals surface area contributed by atoms with Crippen molar-refractivity contribution in [3.63, 3.8) is 0 Å². The number of hydrogen-bond acceptors (Lipinski definition) is 4. The van der Waals surface area contributed by atoms with E-state index in [-0.39, 0.29) is 10.7 Å². The molecule has 0 aliphatic rings. The second-order valence-corrected chi connectivity index (χ2v) is 5.88. The summed E-state index contributed by atoms with van der Waals surface area (Å²) in [6.45, 7) is 0. The molecular formula is C14H10N6O2S. The van der Waals surface area contributed by atoms with Crippen molar-refractivity contribution in [2.75, 3.05) is 0 Å². The zero-order valence-electron chi connectivity index (χ0n) is 11.7. The van der Waals surface area contributed by atoms with Crippen LogP contribution in [0.2, 0.25) is 0 Å². The van der Waals surface area contributed by atoms with Crippen molar-refractivity contribution in [2.45, 2.75) is 4.90 Å². The van der Waals surface area contributed by atoms with Gasteiger partial charge in [0.1, 0.15) is 0 Å². The van der Waals surface area contributed by atoms with Gasteiger partial charge in [-0.15, -0.1) is 0 Å². The molecule has 2 rings (SSSR count). The molecule has 2 aromatic rings. The third-order valence-electron chi connectivity index (χ3n) is 2.74. The molecule has 1 N–H and O–H groups in total. The van der Waals surface area contributed by atoms with Crippen molar-refractivity contribution in [3.05, 3.63) is 76.2 Å². The summed E-state index contributed by atoms with van der Waals surface area (Å²) in [4.78, 5) is 4.67. The molecule has 8 nitrogen and oxygen atoms in total. The van der Waals surface area contributed by atoms with E-state index in [4.69, 9.17) is 10.8 Å². The summed E-state index contributed by atoms with van der Waals surface area (Å²) in [6.07, 6.45) is 0. The Morgan fingerprint density at radius 3 is 2.35 bits per heavy atom. The average Bonchev–Trinajstić information content (AvgIpc) is 2.59. The Morgan fingerprint density at radius 2 is 1.78 bits per heavy atom. The fourth-order valence-corrected chi connectivity index (χ4v) is 2.46. The molecule has 0 saturated heterocycles. The van der Waals surface area contributed by atoms with Gasteiger partial charge in [0.05, 0.1) is 16.5 Å². The van der Waals surface area contributed by atoms with Crippen molar-refractivity contribution in [1.82, 2.24) is 4.83 Å². The zero-order chi connectivity index (χ0) is 16.7. The van der Waals surface area contributed by atoms with Crippen LogP contribution in [0.3, 0.4) is 0 Å². The molecule has 0 spiro atoms. The third kappa shape index (κ3) is 4.07. The molecule has 0 aliphatic heterocycles. The minimum atomic E-state index is -3.87. The number of nitriles is 1. The molecule has 0 heterocycles. The normalized spacial score (nSPS) is 11.2. The van der Waals surface area contributed by atoms with E-state index in [0.717, 1.165) is 0 Å². The van der Waals surface area contributed by atoms with E-state index in [1.165, 1.54) is 36.4 Å². The van der Waals surface area contributed by atoms with Gasteiger partial charge in [0.25, 0.3) is 10.0 Å². The largest absolute Gasteiger partial charge is 0.276 e. The van der Waals surface area contributed by atoms with E-state index in [2.05, 4.69) is 15.1 Å². The first kappa shape index (κ1) is 16.0. The molecule has 2 aromatic carbocycles. The predicted octanol–water partition coefficient (Wildman–Crippen LogP) is 2.51. The number of nitrogens with zero attached hydrogens (tertiary/aromatic N) is 5. The molecule has 0 saturated carbocycles. The molecule has 0 fully saturated rings. The highest BCUT2D eigenvalue weighted by Gasteiger charge is 2.12. The van der Waals surface area contributed by atoms with E-state index in [9.17, 15) is 8.42 Å². The van der Waals surface area contributed by atoms with Gasteiger partial charge >= 0.3 is 0 Å². The van der Waals surface area contributed by atoms with Crippen LogP contribution in [0.1, 0.15) is 11.1 Å². The zero-order valence-corrected chi connectivity index (χ0v) is 12.5. The van der Waals surface area contributed by atoms with Crippen LogP contribution in [-0.2, 0) is 10.0 Å². The summed E-state index contributed by atoms with van der Waals surface area (Å²) in [5.41, 5.74) is 9.38. The summed E-state index contributed by atoms with van der Waals surface area (Å²) in [5.74, 6) is -0.156. The topological polar surface area (TPSA) is 131 Å². The van der Waals surface area contributed by atoms with Gasteiger partial charge in [-0.1, -0.05) is 30.3 Å². The lowest BCUT2D eigenvalue weighted by Crippen LogP contribution is -2.20. The lowest BCUT2D eigenvalue weighted by molar-refractivity contribution is 0.584. The summed E-state index contributed by atoms with van der Waals surface area (Å²) in [7, 11) is -3.87. The van der Waals surface area contributed by atoms with Crippen LogP contribution < -0.4 is 4.83 Å². The van der Waals surface area contributed by atoms with Gasteiger partial charge in [0.2, 0.25) is 0 Å². The van der Waals surface area contributed by atoms with Crippen LogP contribution in [0.5, 0.6) is 0 Å². The van der Waals surface area contributed by atoms with Crippen LogP contribution in [0.4, 0.5) is 0 Å². The standard InChI is InChI=1S/C14H10N6O2S/c15-10-11-6-8-12(9-7-11)14(17-19-16)18-20-23(21,22)13-4-2-1-3-5-13/h1-9,20H/b18-14-. The third-order valence-corrected chi connectivity index (χ3v) is 3.96. The summed E-state index contributed by atoms with van der Waals surface area (Å²) >= 11 is 0.